The highest BCUT2D eigenvalue weighted by Crippen LogP contribution is 2.64. The molecule has 8 heteroatoms. The zero-order valence-electron chi connectivity index (χ0n) is 21.2. The zero-order chi connectivity index (χ0) is 25.0. The Labute approximate surface area is 210 Å². The van der Waals surface area contributed by atoms with E-state index in [2.05, 4.69) is 22.0 Å². The standard InChI is InChI=1S/C28H35N5O3/c1-3-10-32-25(35)23-24(31(27(32)36)11-9-29-18(2)34)30-26(33(23)17-19-7-5-4-6-8-19)28-14-20-12-21(15-28)22(13-20)16-28/h4-8,20-22H,3,9-17H2,1-2H3,(H,29,34). The second-order valence-electron chi connectivity index (χ2n) is 11.3. The smallest absolute Gasteiger partial charge is 0.332 e. The van der Waals surface area contributed by atoms with Crippen molar-refractivity contribution in [2.45, 2.75) is 77.4 Å². The largest absolute Gasteiger partial charge is 0.355 e. The van der Waals surface area contributed by atoms with Gasteiger partial charge in [-0.15, -0.1) is 0 Å². The van der Waals surface area contributed by atoms with Crippen molar-refractivity contribution < 1.29 is 4.79 Å². The van der Waals surface area contributed by atoms with E-state index in [0.29, 0.717) is 37.2 Å². The van der Waals surface area contributed by atoms with Gasteiger partial charge in [0.2, 0.25) is 5.91 Å². The van der Waals surface area contributed by atoms with Crippen molar-refractivity contribution in [3.8, 4) is 0 Å². The minimum Gasteiger partial charge on any atom is -0.355 e. The summed E-state index contributed by atoms with van der Waals surface area (Å²) < 4.78 is 5.11. The van der Waals surface area contributed by atoms with Crippen LogP contribution in [-0.2, 0) is 29.8 Å². The molecule has 4 fully saturated rings. The number of imidazole rings is 1. The lowest BCUT2D eigenvalue weighted by molar-refractivity contribution is -0.118. The Bertz CT molecular complexity index is 1410. The van der Waals surface area contributed by atoms with E-state index < -0.39 is 0 Å². The van der Waals surface area contributed by atoms with Crippen LogP contribution in [0.3, 0.4) is 0 Å². The number of aromatic nitrogens is 4. The third-order valence-corrected chi connectivity index (χ3v) is 8.85. The quantitative estimate of drug-likeness (QED) is 0.527. The van der Waals surface area contributed by atoms with Gasteiger partial charge in [-0.25, -0.2) is 9.78 Å². The summed E-state index contributed by atoms with van der Waals surface area (Å²) in [6.45, 7) is 4.94. The number of hydrogen-bond acceptors (Lipinski definition) is 4. The van der Waals surface area contributed by atoms with Gasteiger partial charge in [-0.05, 0) is 61.8 Å². The van der Waals surface area contributed by atoms with Crippen LogP contribution in [0.25, 0.3) is 11.2 Å². The molecule has 3 aromatic rings. The van der Waals surface area contributed by atoms with E-state index in [0.717, 1.165) is 48.4 Å². The lowest BCUT2D eigenvalue weighted by Crippen LogP contribution is -2.42. The first-order chi connectivity index (χ1) is 17.4. The normalized spacial score (nSPS) is 26.2. The van der Waals surface area contributed by atoms with Gasteiger partial charge >= 0.3 is 5.69 Å². The first-order valence-corrected chi connectivity index (χ1v) is 13.4. The molecule has 0 aliphatic heterocycles. The van der Waals surface area contributed by atoms with E-state index in [-0.39, 0.29) is 29.1 Å². The molecule has 2 aromatic heterocycles. The summed E-state index contributed by atoms with van der Waals surface area (Å²) in [4.78, 5) is 44.1. The van der Waals surface area contributed by atoms with Gasteiger partial charge in [0.25, 0.3) is 5.56 Å². The number of amides is 1. The summed E-state index contributed by atoms with van der Waals surface area (Å²) in [5.74, 6) is 3.09. The Hall–Kier alpha value is -3.16. The Kier molecular flexibility index (Phi) is 5.65. The fraction of sp³-hybridized carbons (Fsp3) is 0.571. The molecule has 0 saturated heterocycles. The van der Waals surface area contributed by atoms with Gasteiger partial charge in [-0.3, -0.25) is 18.7 Å². The van der Waals surface area contributed by atoms with Crippen LogP contribution in [0.15, 0.2) is 39.9 Å². The van der Waals surface area contributed by atoms with Gasteiger partial charge < -0.3 is 9.88 Å². The van der Waals surface area contributed by atoms with Gasteiger partial charge in [0.05, 0.1) is 0 Å². The average Bonchev–Trinajstić information content (AvgIpc) is 3.45. The van der Waals surface area contributed by atoms with Crippen molar-refractivity contribution in [3.05, 3.63) is 62.6 Å². The molecular formula is C28H35N5O3. The van der Waals surface area contributed by atoms with Crippen LogP contribution in [0.1, 0.15) is 63.8 Å². The van der Waals surface area contributed by atoms with Crippen molar-refractivity contribution in [1.82, 2.24) is 24.0 Å². The molecule has 1 amide bonds. The summed E-state index contributed by atoms with van der Waals surface area (Å²) in [6, 6.07) is 10.2. The van der Waals surface area contributed by atoms with E-state index in [4.69, 9.17) is 4.98 Å². The summed E-state index contributed by atoms with van der Waals surface area (Å²) in [5.41, 5.74) is 1.47. The highest BCUT2D eigenvalue weighted by Gasteiger charge is 2.58. The van der Waals surface area contributed by atoms with Crippen molar-refractivity contribution in [3.63, 3.8) is 0 Å². The maximum atomic E-state index is 13.9. The number of rotatable bonds is 8. The Balaban J connectivity index is 1.58. The second-order valence-corrected chi connectivity index (χ2v) is 11.3. The third kappa shape index (κ3) is 3.64. The van der Waals surface area contributed by atoms with Crippen LogP contribution in [0.2, 0.25) is 0 Å². The van der Waals surface area contributed by atoms with Crippen LogP contribution in [-0.4, -0.2) is 31.1 Å². The Morgan fingerprint density at radius 2 is 1.75 bits per heavy atom. The molecule has 2 atom stereocenters. The molecule has 36 heavy (non-hydrogen) atoms. The van der Waals surface area contributed by atoms with Crippen LogP contribution in [0.5, 0.6) is 0 Å². The molecular weight excluding hydrogens is 454 g/mol. The summed E-state index contributed by atoms with van der Waals surface area (Å²) >= 11 is 0. The molecule has 4 saturated carbocycles. The fourth-order valence-electron chi connectivity index (χ4n) is 7.67. The summed E-state index contributed by atoms with van der Waals surface area (Å²) in [5, 5.41) is 2.79. The van der Waals surface area contributed by atoms with Crippen LogP contribution in [0.4, 0.5) is 0 Å². The lowest BCUT2D eigenvalue weighted by atomic mass is 9.69. The zero-order valence-corrected chi connectivity index (χ0v) is 21.2. The molecule has 4 aliphatic rings. The van der Waals surface area contributed by atoms with Crippen molar-refractivity contribution in [2.75, 3.05) is 6.54 Å². The van der Waals surface area contributed by atoms with E-state index in [1.165, 1.54) is 24.3 Å². The number of carbonyl (C=O) groups is 1. The highest BCUT2D eigenvalue weighted by atomic mass is 16.2. The number of benzene rings is 1. The molecule has 2 unspecified atom stereocenters. The topological polar surface area (TPSA) is 90.9 Å². The monoisotopic (exact) mass is 489 g/mol. The molecule has 4 bridgehead atoms. The SMILES string of the molecule is CCCn1c(=O)c2c(nc(C34CC5CC(C3)C(C5)C4)n2Cc2ccccc2)n(CCNC(C)=O)c1=O. The molecule has 1 aromatic carbocycles. The fourth-order valence-corrected chi connectivity index (χ4v) is 7.67. The van der Waals surface area contributed by atoms with Crippen LogP contribution in [0, 0.1) is 17.8 Å². The van der Waals surface area contributed by atoms with Crippen molar-refractivity contribution >= 4 is 17.1 Å². The van der Waals surface area contributed by atoms with E-state index in [1.807, 2.05) is 25.1 Å². The summed E-state index contributed by atoms with van der Waals surface area (Å²) in [7, 11) is 0. The first-order valence-electron chi connectivity index (χ1n) is 13.4. The number of nitrogens with zero attached hydrogens (tertiary/aromatic N) is 4. The molecule has 7 rings (SSSR count). The molecule has 8 nitrogen and oxygen atoms in total. The molecule has 190 valence electrons. The number of nitrogens with one attached hydrogen (secondary N) is 1. The maximum Gasteiger partial charge on any atom is 0.332 e. The van der Waals surface area contributed by atoms with Gasteiger partial charge in [0, 0.05) is 38.5 Å². The molecule has 4 aliphatic carbocycles. The summed E-state index contributed by atoms with van der Waals surface area (Å²) in [6.07, 6.45) is 6.72. The number of hydrogen-bond donors (Lipinski definition) is 1. The van der Waals surface area contributed by atoms with Gasteiger partial charge in [-0.1, -0.05) is 37.3 Å². The highest BCUT2D eigenvalue weighted by molar-refractivity contribution is 5.73. The Morgan fingerprint density at radius 1 is 1.03 bits per heavy atom. The van der Waals surface area contributed by atoms with Gasteiger partial charge in [0.15, 0.2) is 11.2 Å². The minimum atomic E-state index is -0.344. The number of fused-ring (bicyclic) bond motifs is 1. The minimum absolute atomic E-state index is 0.0230. The molecule has 0 radical (unpaired) electrons. The van der Waals surface area contributed by atoms with E-state index in [9.17, 15) is 14.4 Å². The van der Waals surface area contributed by atoms with Crippen LogP contribution < -0.4 is 16.6 Å². The average molecular weight is 490 g/mol. The lowest BCUT2D eigenvalue weighted by Gasteiger charge is -2.38. The third-order valence-electron chi connectivity index (χ3n) is 8.85. The molecule has 2 heterocycles. The maximum absolute atomic E-state index is 13.9. The Morgan fingerprint density at radius 3 is 2.39 bits per heavy atom. The predicted molar refractivity (Wildman–Crippen MR) is 138 cm³/mol. The molecule has 0 spiro atoms. The van der Waals surface area contributed by atoms with Gasteiger partial charge in [-0.2, -0.15) is 0 Å². The van der Waals surface area contributed by atoms with Crippen molar-refractivity contribution in [2.24, 2.45) is 17.8 Å². The van der Waals surface area contributed by atoms with E-state index >= 15 is 0 Å². The molecule has 1 N–H and O–H groups in total. The van der Waals surface area contributed by atoms with E-state index in [1.54, 1.807) is 4.57 Å². The van der Waals surface area contributed by atoms with Gasteiger partial charge in [0.1, 0.15) is 5.82 Å². The predicted octanol–water partition coefficient (Wildman–Crippen LogP) is 3.03. The second kappa shape index (κ2) is 8.75. The number of carbonyl (C=O) groups excluding carboxylic acids is 1. The first kappa shape index (κ1) is 23.3. The van der Waals surface area contributed by atoms with Crippen molar-refractivity contribution in [1.29, 1.82) is 0 Å². The van der Waals surface area contributed by atoms with Crippen LogP contribution >= 0.6 is 0 Å².